The Morgan fingerprint density at radius 1 is 0.857 bits per heavy atom. The van der Waals surface area contributed by atoms with Gasteiger partial charge in [-0.05, 0) is 70.4 Å². The summed E-state index contributed by atoms with van der Waals surface area (Å²) in [5.41, 5.74) is 0. The fraction of sp³-hybridized carbons (Fsp3) is 0.864. The number of hydrogen-bond acceptors (Lipinski definition) is 4. The van der Waals surface area contributed by atoms with Crippen LogP contribution in [-0.4, -0.2) is 59.7 Å². The molecule has 2 amide bonds. The van der Waals surface area contributed by atoms with E-state index >= 15 is 0 Å². The highest BCUT2D eigenvalue weighted by Gasteiger charge is 2.48. The first kappa shape index (κ1) is 20.0. The number of rotatable bonds is 5. The molecule has 4 aliphatic rings. The molecule has 6 heteroatoms. The van der Waals surface area contributed by atoms with E-state index in [1.54, 1.807) is 4.90 Å². The Morgan fingerprint density at radius 2 is 1.43 bits per heavy atom. The minimum atomic E-state index is -0.723. The second-order valence-electron chi connectivity index (χ2n) is 9.42. The lowest BCUT2D eigenvalue weighted by Gasteiger charge is -2.34. The van der Waals surface area contributed by atoms with Gasteiger partial charge < -0.3 is 0 Å². The fourth-order valence-corrected chi connectivity index (χ4v) is 5.72. The van der Waals surface area contributed by atoms with Crippen LogP contribution in [0.1, 0.15) is 64.2 Å². The van der Waals surface area contributed by atoms with Gasteiger partial charge in [-0.3, -0.25) is 24.2 Å². The fourth-order valence-electron chi connectivity index (χ4n) is 5.72. The lowest BCUT2D eigenvalue weighted by atomic mass is 9.81. The van der Waals surface area contributed by atoms with Crippen LogP contribution < -0.4 is 0 Å². The standard InChI is InChI=1S/C22H33FN2O3/c23-17-7-5-16(6-8-17)20(26)14-24-11-9-15(10-12-24)13-25-21(27)18-3-1-2-4-19(18)22(25)28/h15-19H,1-14H2. The van der Waals surface area contributed by atoms with Gasteiger partial charge in [0.2, 0.25) is 11.8 Å². The van der Waals surface area contributed by atoms with E-state index in [2.05, 4.69) is 4.90 Å². The van der Waals surface area contributed by atoms with Crippen molar-refractivity contribution in [3.05, 3.63) is 0 Å². The molecule has 4 fully saturated rings. The van der Waals surface area contributed by atoms with E-state index in [4.69, 9.17) is 0 Å². The molecule has 0 aromatic carbocycles. The smallest absolute Gasteiger partial charge is 0.233 e. The summed E-state index contributed by atoms with van der Waals surface area (Å²) in [6.45, 7) is 2.73. The molecular formula is C22H33FN2O3. The van der Waals surface area contributed by atoms with Crippen molar-refractivity contribution in [3.63, 3.8) is 0 Å². The number of carbonyl (C=O) groups is 3. The van der Waals surface area contributed by atoms with E-state index in [0.29, 0.717) is 44.7 Å². The zero-order chi connectivity index (χ0) is 19.7. The number of alkyl halides is 1. The number of likely N-dealkylation sites (tertiary alicyclic amines) is 2. The molecule has 2 unspecified atom stereocenters. The third kappa shape index (κ3) is 4.17. The molecule has 4 rings (SSSR count). The molecular weight excluding hydrogens is 359 g/mol. The molecule has 156 valence electrons. The van der Waals surface area contributed by atoms with Gasteiger partial charge in [-0.1, -0.05) is 12.8 Å². The maximum atomic E-state index is 13.3. The van der Waals surface area contributed by atoms with E-state index in [-0.39, 0.29) is 35.4 Å². The second kappa shape index (κ2) is 8.60. The molecule has 2 heterocycles. The first-order valence-electron chi connectivity index (χ1n) is 11.3. The molecule has 2 atom stereocenters. The molecule has 2 saturated heterocycles. The van der Waals surface area contributed by atoms with Crippen molar-refractivity contribution in [2.24, 2.45) is 23.7 Å². The molecule has 0 spiro atoms. The number of piperidine rings is 1. The monoisotopic (exact) mass is 392 g/mol. The number of amides is 2. The zero-order valence-electron chi connectivity index (χ0n) is 16.8. The average Bonchev–Trinajstić information content (AvgIpc) is 2.95. The molecule has 2 aliphatic carbocycles. The van der Waals surface area contributed by atoms with Gasteiger partial charge in [0, 0.05) is 12.5 Å². The van der Waals surface area contributed by atoms with Crippen molar-refractivity contribution in [2.75, 3.05) is 26.2 Å². The van der Waals surface area contributed by atoms with E-state index in [9.17, 15) is 18.8 Å². The summed E-state index contributed by atoms with van der Waals surface area (Å²) in [5, 5.41) is 0. The first-order valence-corrected chi connectivity index (χ1v) is 11.3. The lowest BCUT2D eigenvalue weighted by Crippen LogP contribution is -2.43. The normalized spacial score (nSPS) is 35.2. The van der Waals surface area contributed by atoms with Crippen LogP contribution in [-0.2, 0) is 14.4 Å². The summed E-state index contributed by atoms with van der Waals surface area (Å²) in [6.07, 6.45) is 7.44. The van der Waals surface area contributed by atoms with Crippen LogP contribution in [0, 0.1) is 23.7 Å². The topological polar surface area (TPSA) is 57.7 Å². The predicted molar refractivity (Wildman–Crippen MR) is 103 cm³/mol. The largest absolute Gasteiger partial charge is 0.298 e. The Labute approximate surface area is 167 Å². The maximum absolute atomic E-state index is 13.3. The molecule has 0 aromatic heterocycles. The third-order valence-corrected chi connectivity index (χ3v) is 7.57. The number of ketones is 1. The molecule has 28 heavy (non-hydrogen) atoms. The van der Waals surface area contributed by atoms with Crippen LogP contribution in [0.15, 0.2) is 0 Å². The summed E-state index contributed by atoms with van der Waals surface area (Å²) < 4.78 is 13.3. The quantitative estimate of drug-likeness (QED) is 0.675. The summed E-state index contributed by atoms with van der Waals surface area (Å²) >= 11 is 0. The number of nitrogens with zero attached hydrogens (tertiary/aromatic N) is 2. The molecule has 0 bridgehead atoms. The molecule has 2 aliphatic heterocycles. The van der Waals surface area contributed by atoms with Gasteiger partial charge in [0.15, 0.2) is 0 Å². The molecule has 5 nitrogen and oxygen atoms in total. The zero-order valence-corrected chi connectivity index (χ0v) is 16.8. The first-order chi connectivity index (χ1) is 13.5. The van der Waals surface area contributed by atoms with E-state index in [1.807, 2.05) is 0 Å². The second-order valence-corrected chi connectivity index (χ2v) is 9.42. The maximum Gasteiger partial charge on any atom is 0.233 e. The summed E-state index contributed by atoms with van der Waals surface area (Å²) in [7, 11) is 0. The van der Waals surface area contributed by atoms with Crippen molar-refractivity contribution in [1.29, 1.82) is 0 Å². The average molecular weight is 393 g/mol. The minimum Gasteiger partial charge on any atom is -0.298 e. The summed E-state index contributed by atoms with van der Waals surface area (Å²) in [4.78, 5) is 41.6. The Balaban J connectivity index is 1.23. The molecule has 0 radical (unpaired) electrons. The van der Waals surface area contributed by atoms with Gasteiger partial charge in [-0.25, -0.2) is 4.39 Å². The Kier molecular flexibility index (Phi) is 6.14. The summed E-state index contributed by atoms with van der Waals surface area (Å²) in [5.74, 6) is 0.664. The number of Topliss-reactive ketones (excluding diaryl/α,β-unsaturated/α-hetero) is 1. The Hall–Kier alpha value is -1.30. The van der Waals surface area contributed by atoms with E-state index in [1.165, 1.54) is 0 Å². The number of halogens is 1. The van der Waals surface area contributed by atoms with Gasteiger partial charge >= 0.3 is 0 Å². The van der Waals surface area contributed by atoms with Crippen LogP contribution in [0.4, 0.5) is 4.39 Å². The van der Waals surface area contributed by atoms with Crippen molar-refractivity contribution in [1.82, 2.24) is 9.80 Å². The molecule has 2 saturated carbocycles. The summed E-state index contributed by atoms with van der Waals surface area (Å²) in [6, 6.07) is 0. The lowest BCUT2D eigenvalue weighted by molar-refractivity contribution is -0.140. The predicted octanol–water partition coefficient (Wildman–Crippen LogP) is 2.97. The number of hydrogen-bond donors (Lipinski definition) is 0. The highest BCUT2D eigenvalue weighted by atomic mass is 19.1. The van der Waals surface area contributed by atoms with Crippen LogP contribution >= 0.6 is 0 Å². The Morgan fingerprint density at radius 3 is 2.00 bits per heavy atom. The number of fused-ring (bicyclic) bond motifs is 1. The number of imide groups is 1. The van der Waals surface area contributed by atoms with Crippen molar-refractivity contribution < 1.29 is 18.8 Å². The van der Waals surface area contributed by atoms with Crippen LogP contribution in [0.25, 0.3) is 0 Å². The van der Waals surface area contributed by atoms with Crippen LogP contribution in [0.3, 0.4) is 0 Å². The third-order valence-electron chi connectivity index (χ3n) is 7.57. The van der Waals surface area contributed by atoms with Crippen LogP contribution in [0.5, 0.6) is 0 Å². The molecule has 0 N–H and O–H groups in total. The van der Waals surface area contributed by atoms with Crippen LogP contribution in [0.2, 0.25) is 0 Å². The molecule has 0 aromatic rings. The van der Waals surface area contributed by atoms with E-state index in [0.717, 1.165) is 51.6 Å². The Bertz CT molecular complexity index is 585. The van der Waals surface area contributed by atoms with Gasteiger partial charge in [-0.2, -0.15) is 0 Å². The van der Waals surface area contributed by atoms with Gasteiger partial charge in [0.1, 0.15) is 12.0 Å². The highest BCUT2D eigenvalue weighted by Crippen LogP contribution is 2.38. The minimum absolute atomic E-state index is 0.0351. The SMILES string of the molecule is O=C(CN1CCC(CN2C(=O)C3CCCCC3C2=O)CC1)C1CCC(F)CC1. The van der Waals surface area contributed by atoms with Gasteiger partial charge in [-0.15, -0.1) is 0 Å². The van der Waals surface area contributed by atoms with Gasteiger partial charge in [0.05, 0.1) is 18.4 Å². The van der Waals surface area contributed by atoms with E-state index < -0.39 is 6.17 Å². The number of carbonyl (C=O) groups excluding carboxylic acids is 3. The highest BCUT2D eigenvalue weighted by molar-refractivity contribution is 6.05. The van der Waals surface area contributed by atoms with Crippen molar-refractivity contribution >= 4 is 17.6 Å². The van der Waals surface area contributed by atoms with Gasteiger partial charge in [0.25, 0.3) is 0 Å². The van der Waals surface area contributed by atoms with Crippen molar-refractivity contribution in [3.8, 4) is 0 Å². The van der Waals surface area contributed by atoms with Crippen molar-refractivity contribution in [2.45, 2.75) is 70.4 Å².